The van der Waals surface area contributed by atoms with E-state index in [9.17, 15) is 15.0 Å². The molecule has 2 saturated heterocycles. The van der Waals surface area contributed by atoms with E-state index < -0.39 is 12.2 Å². The molecule has 0 aliphatic carbocycles. The van der Waals surface area contributed by atoms with Gasteiger partial charge in [-0.25, -0.2) is 4.79 Å². The van der Waals surface area contributed by atoms with Crippen LogP contribution in [0.3, 0.4) is 0 Å². The fourth-order valence-electron chi connectivity index (χ4n) is 3.55. The van der Waals surface area contributed by atoms with Gasteiger partial charge in [0.1, 0.15) is 18.5 Å². The summed E-state index contributed by atoms with van der Waals surface area (Å²) in [5, 5.41) is 19.4. The smallest absolute Gasteiger partial charge is 0.352 e. The van der Waals surface area contributed by atoms with Crippen molar-refractivity contribution in [1.29, 1.82) is 0 Å². The maximum absolute atomic E-state index is 11.6. The quantitative estimate of drug-likeness (QED) is 0.615. The van der Waals surface area contributed by atoms with Crippen LogP contribution >= 0.6 is 11.8 Å². The Labute approximate surface area is 122 Å². The number of nitrogens with two attached hydrogens (primary N) is 1. The SMILES string of the molecule is C[N+]1(CC2=C(C(=O)O)N3C(O)C(N)C3SC2)CCCC1. The molecule has 6 nitrogen and oxygen atoms in total. The summed E-state index contributed by atoms with van der Waals surface area (Å²) in [6, 6.07) is -0.354. The molecule has 0 amide bonds. The highest BCUT2D eigenvalue weighted by Gasteiger charge is 2.52. The lowest BCUT2D eigenvalue weighted by atomic mass is 10.0. The van der Waals surface area contributed by atoms with Crippen LogP contribution in [0.2, 0.25) is 0 Å². The van der Waals surface area contributed by atoms with Crippen molar-refractivity contribution in [2.75, 3.05) is 32.4 Å². The molecular formula is C13H22N3O3S+. The summed E-state index contributed by atoms with van der Waals surface area (Å²) in [7, 11) is 2.19. The zero-order valence-corrected chi connectivity index (χ0v) is 12.5. The Kier molecular flexibility index (Phi) is 3.48. The first-order valence-electron chi connectivity index (χ1n) is 7.05. The largest absolute Gasteiger partial charge is 0.477 e. The van der Waals surface area contributed by atoms with Gasteiger partial charge < -0.3 is 25.3 Å². The first kappa shape index (κ1) is 14.2. The van der Waals surface area contributed by atoms with Crippen LogP contribution in [0.5, 0.6) is 0 Å². The van der Waals surface area contributed by atoms with Crippen LogP contribution < -0.4 is 5.73 Å². The molecule has 112 valence electrons. The molecule has 2 fully saturated rings. The number of carboxylic acids is 1. The number of hydrogen-bond donors (Lipinski definition) is 3. The van der Waals surface area contributed by atoms with Gasteiger partial charge in [-0.05, 0) is 0 Å². The molecule has 0 aromatic carbocycles. The van der Waals surface area contributed by atoms with Crippen LogP contribution in [0.1, 0.15) is 12.8 Å². The summed E-state index contributed by atoms with van der Waals surface area (Å²) in [6.07, 6.45) is 1.55. The number of rotatable bonds is 3. The molecule has 0 bridgehead atoms. The zero-order valence-electron chi connectivity index (χ0n) is 11.7. The molecular weight excluding hydrogens is 278 g/mol. The number of quaternary nitrogens is 1. The number of fused-ring (bicyclic) bond motifs is 1. The molecule has 3 aliphatic heterocycles. The van der Waals surface area contributed by atoms with Crippen LogP contribution in [-0.4, -0.2) is 75.6 Å². The number of likely N-dealkylation sites (tertiary alicyclic amines) is 1. The predicted molar refractivity (Wildman–Crippen MR) is 76.7 cm³/mol. The van der Waals surface area contributed by atoms with Crippen molar-refractivity contribution in [3.63, 3.8) is 0 Å². The number of thioether (sulfide) groups is 1. The van der Waals surface area contributed by atoms with Crippen molar-refractivity contribution in [1.82, 2.24) is 4.90 Å². The number of aliphatic carboxylic acids is 1. The highest BCUT2D eigenvalue weighted by Crippen LogP contribution is 2.42. The van der Waals surface area contributed by atoms with Gasteiger partial charge in [-0.2, -0.15) is 0 Å². The Morgan fingerprint density at radius 2 is 2.15 bits per heavy atom. The minimum Gasteiger partial charge on any atom is -0.477 e. The molecule has 7 heteroatoms. The van der Waals surface area contributed by atoms with Crippen LogP contribution in [0.4, 0.5) is 0 Å². The third-order valence-electron chi connectivity index (χ3n) is 4.68. The van der Waals surface area contributed by atoms with E-state index in [0.717, 1.165) is 29.7 Å². The zero-order chi connectivity index (χ0) is 14.5. The van der Waals surface area contributed by atoms with E-state index in [2.05, 4.69) is 7.05 Å². The van der Waals surface area contributed by atoms with E-state index in [1.54, 1.807) is 16.7 Å². The second kappa shape index (κ2) is 4.91. The molecule has 3 rings (SSSR count). The Bertz CT molecular complexity index is 462. The van der Waals surface area contributed by atoms with E-state index in [-0.39, 0.29) is 17.1 Å². The standard InChI is InChI=1S/C13H21N3O3S/c1-16(4-2-3-5-16)6-8-7-20-12-9(14)11(17)15(12)10(8)13(18)19/h9,11-12,17H,2-7,14H2,1H3/p+1. The van der Waals surface area contributed by atoms with Crippen LogP contribution in [0.25, 0.3) is 0 Å². The van der Waals surface area contributed by atoms with Crippen LogP contribution in [-0.2, 0) is 4.79 Å². The van der Waals surface area contributed by atoms with Crippen molar-refractivity contribution in [3.05, 3.63) is 11.3 Å². The van der Waals surface area contributed by atoms with Gasteiger partial charge in [0, 0.05) is 24.2 Å². The molecule has 0 aromatic rings. The molecule has 3 aliphatic rings. The van der Waals surface area contributed by atoms with Gasteiger partial charge in [0.05, 0.1) is 31.6 Å². The highest BCUT2D eigenvalue weighted by atomic mass is 32.2. The molecule has 0 radical (unpaired) electrons. The minimum absolute atomic E-state index is 0.0938. The summed E-state index contributed by atoms with van der Waals surface area (Å²) in [5.41, 5.74) is 7.07. The Balaban J connectivity index is 1.88. The Morgan fingerprint density at radius 3 is 2.75 bits per heavy atom. The topological polar surface area (TPSA) is 86.8 Å². The van der Waals surface area contributed by atoms with Gasteiger partial charge in [0.2, 0.25) is 0 Å². The number of aliphatic hydroxyl groups excluding tert-OH is 1. The lowest BCUT2D eigenvalue weighted by Gasteiger charge is -2.54. The maximum atomic E-state index is 11.6. The molecule has 0 aromatic heterocycles. The second-order valence-electron chi connectivity index (χ2n) is 6.29. The van der Waals surface area contributed by atoms with Gasteiger partial charge >= 0.3 is 5.97 Å². The highest BCUT2D eigenvalue weighted by molar-refractivity contribution is 8.00. The van der Waals surface area contributed by atoms with Gasteiger partial charge in [0.15, 0.2) is 0 Å². The fourth-order valence-corrected chi connectivity index (χ4v) is 4.91. The fraction of sp³-hybridized carbons (Fsp3) is 0.769. The van der Waals surface area contributed by atoms with E-state index in [4.69, 9.17) is 5.73 Å². The Hall–Kier alpha value is -0.760. The van der Waals surface area contributed by atoms with Gasteiger partial charge in [0.25, 0.3) is 0 Å². The molecule has 4 N–H and O–H groups in total. The van der Waals surface area contributed by atoms with Crippen molar-refractivity contribution in [2.45, 2.75) is 30.5 Å². The first-order valence-corrected chi connectivity index (χ1v) is 8.10. The average molecular weight is 300 g/mol. The normalized spacial score (nSPS) is 35.8. The number of aliphatic hydroxyl groups is 1. The van der Waals surface area contributed by atoms with Crippen LogP contribution in [0, 0.1) is 0 Å². The average Bonchev–Trinajstić information content (AvgIpc) is 2.83. The molecule has 0 spiro atoms. The van der Waals surface area contributed by atoms with Gasteiger partial charge in [-0.3, -0.25) is 0 Å². The van der Waals surface area contributed by atoms with Crippen LogP contribution in [0.15, 0.2) is 11.3 Å². The van der Waals surface area contributed by atoms with Crippen molar-refractivity contribution in [3.8, 4) is 0 Å². The number of carboxylic acid groups (broad SMARTS) is 1. The molecule has 3 heterocycles. The molecule has 0 saturated carbocycles. The minimum atomic E-state index is -0.943. The van der Waals surface area contributed by atoms with E-state index in [1.807, 2.05) is 0 Å². The number of nitrogens with zero attached hydrogens (tertiary/aromatic N) is 2. The molecule has 3 unspecified atom stereocenters. The third kappa shape index (κ3) is 2.13. The second-order valence-corrected chi connectivity index (χ2v) is 7.39. The first-order chi connectivity index (χ1) is 9.43. The van der Waals surface area contributed by atoms with Crippen molar-refractivity contribution < 1.29 is 19.5 Å². The number of hydrogen-bond acceptors (Lipinski definition) is 5. The lowest BCUT2D eigenvalue weighted by molar-refractivity contribution is -0.893. The summed E-state index contributed by atoms with van der Waals surface area (Å²) >= 11 is 1.65. The van der Waals surface area contributed by atoms with E-state index in [0.29, 0.717) is 5.75 Å². The molecule has 3 atom stereocenters. The Morgan fingerprint density at radius 1 is 1.50 bits per heavy atom. The summed E-state index contributed by atoms with van der Waals surface area (Å²) < 4.78 is 0.910. The monoisotopic (exact) mass is 300 g/mol. The summed E-state index contributed by atoms with van der Waals surface area (Å²) in [4.78, 5) is 13.2. The lowest BCUT2D eigenvalue weighted by Crippen LogP contribution is -2.71. The van der Waals surface area contributed by atoms with E-state index in [1.165, 1.54) is 12.8 Å². The third-order valence-corrected chi connectivity index (χ3v) is 6.07. The summed E-state index contributed by atoms with van der Waals surface area (Å²) in [6.45, 7) is 2.97. The van der Waals surface area contributed by atoms with Crippen molar-refractivity contribution in [2.24, 2.45) is 5.73 Å². The number of likely N-dealkylation sites (N-methyl/N-ethyl adjacent to an activating group) is 1. The number of carbonyl (C=O) groups is 1. The molecule has 20 heavy (non-hydrogen) atoms. The van der Waals surface area contributed by atoms with E-state index >= 15 is 0 Å². The van der Waals surface area contributed by atoms with Crippen molar-refractivity contribution >= 4 is 17.7 Å². The maximum Gasteiger partial charge on any atom is 0.352 e. The predicted octanol–water partition coefficient (Wildman–Crippen LogP) is -0.400. The van der Waals surface area contributed by atoms with Gasteiger partial charge in [-0.15, -0.1) is 11.8 Å². The summed E-state index contributed by atoms with van der Waals surface area (Å²) in [5.74, 6) is -0.237. The van der Waals surface area contributed by atoms with Gasteiger partial charge in [-0.1, -0.05) is 0 Å².